The molecule has 7 nitrogen and oxygen atoms in total. The third-order valence-electron chi connectivity index (χ3n) is 6.36. The molecule has 1 atom stereocenters. The Bertz CT molecular complexity index is 1650. The van der Waals surface area contributed by atoms with Gasteiger partial charge in [0.05, 0.1) is 30.0 Å². The monoisotopic (exact) mass is 587 g/mol. The fourth-order valence-electron chi connectivity index (χ4n) is 4.32. The molecule has 214 valence electrons. The number of alkyl halides is 3. The first kappa shape index (κ1) is 29.8. The zero-order valence-corrected chi connectivity index (χ0v) is 22.3. The van der Waals surface area contributed by atoms with Crippen molar-refractivity contribution in [2.75, 3.05) is 5.75 Å². The molecule has 1 aromatic heterocycles. The molecule has 0 amide bonds. The molecule has 0 aliphatic rings. The van der Waals surface area contributed by atoms with Gasteiger partial charge in [-0.15, -0.1) is 11.8 Å². The van der Waals surface area contributed by atoms with Crippen LogP contribution in [0.2, 0.25) is 0 Å². The number of aromatic nitrogens is 2. The summed E-state index contributed by atoms with van der Waals surface area (Å²) in [6, 6.07) is 17.0. The first-order valence-electron chi connectivity index (χ1n) is 12.3. The zero-order valence-electron chi connectivity index (χ0n) is 21.5. The summed E-state index contributed by atoms with van der Waals surface area (Å²) < 4.78 is 57.5. The van der Waals surface area contributed by atoms with Crippen LogP contribution in [0.25, 0.3) is 11.1 Å². The molecule has 0 aliphatic heterocycles. The normalized spacial score (nSPS) is 12.3. The Balaban J connectivity index is 1.81. The minimum absolute atomic E-state index is 0.000464. The molecule has 0 unspecified atom stereocenters. The highest BCUT2D eigenvalue weighted by molar-refractivity contribution is 7.99. The van der Waals surface area contributed by atoms with Crippen LogP contribution in [-0.2, 0) is 29.8 Å². The Morgan fingerprint density at radius 1 is 0.976 bits per heavy atom. The molecule has 3 aromatic carbocycles. The number of rotatable bonds is 10. The predicted octanol–water partition coefficient (Wildman–Crippen LogP) is 4.90. The summed E-state index contributed by atoms with van der Waals surface area (Å²) in [4.78, 5) is 37.8. The number of aliphatic carboxylic acids is 1. The second-order valence-corrected chi connectivity index (χ2v) is 10.2. The highest BCUT2D eigenvalue weighted by Gasteiger charge is 2.34. The van der Waals surface area contributed by atoms with Crippen LogP contribution in [0.1, 0.15) is 28.3 Å². The maximum atomic E-state index is 14.7. The lowest BCUT2D eigenvalue weighted by Gasteiger charge is -2.19. The lowest BCUT2D eigenvalue weighted by Crippen LogP contribution is -2.42. The largest absolute Gasteiger partial charge is 0.481 e. The van der Waals surface area contributed by atoms with E-state index in [4.69, 9.17) is 10.8 Å². The fraction of sp³-hybridized carbons (Fsp3) is 0.207. The van der Waals surface area contributed by atoms with Crippen molar-refractivity contribution in [2.45, 2.75) is 31.1 Å². The topological polar surface area (TPSA) is 107 Å². The van der Waals surface area contributed by atoms with Gasteiger partial charge >= 0.3 is 17.8 Å². The van der Waals surface area contributed by atoms with E-state index in [-0.39, 0.29) is 17.9 Å². The van der Waals surface area contributed by atoms with Crippen LogP contribution in [0, 0.1) is 5.82 Å². The van der Waals surface area contributed by atoms with E-state index in [1.54, 1.807) is 54.6 Å². The molecule has 0 saturated carbocycles. The summed E-state index contributed by atoms with van der Waals surface area (Å²) in [5.41, 5.74) is 4.44. The van der Waals surface area contributed by atoms with Crippen molar-refractivity contribution in [3.05, 3.63) is 128 Å². The van der Waals surface area contributed by atoms with E-state index < -0.39 is 52.9 Å². The SMILES string of the molecule is N[C@@H](Cn1c(=O)c(-c2ccc(CSCC(=O)O)cc2)cn(Cc2c(F)cccc2C(F)(F)F)c1=O)c1ccccc1. The van der Waals surface area contributed by atoms with E-state index in [1.807, 2.05) is 0 Å². The van der Waals surface area contributed by atoms with Gasteiger partial charge in [-0.05, 0) is 28.8 Å². The molecule has 0 fully saturated rings. The van der Waals surface area contributed by atoms with E-state index in [0.717, 1.165) is 39.1 Å². The molecule has 41 heavy (non-hydrogen) atoms. The van der Waals surface area contributed by atoms with E-state index in [1.165, 1.54) is 11.8 Å². The molecule has 3 N–H and O–H groups in total. The molecule has 4 aromatic rings. The Morgan fingerprint density at radius 2 is 1.66 bits per heavy atom. The number of carbonyl (C=O) groups is 1. The second kappa shape index (κ2) is 12.6. The Hall–Kier alpha value is -4.16. The summed E-state index contributed by atoms with van der Waals surface area (Å²) in [5, 5.41) is 8.83. The third kappa shape index (κ3) is 7.14. The quantitative estimate of drug-likeness (QED) is 0.256. The average Bonchev–Trinajstić information content (AvgIpc) is 2.93. The van der Waals surface area contributed by atoms with Crippen molar-refractivity contribution in [2.24, 2.45) is 5.73 Å². The number of carboxylic acid groups (broad SMARTS) is 1. The highest BCUT2D eigenvalue weighted by atomic mass is 32.2. The Labute approximate surface area is 235 Å². The molecule has 12 heteroatoms. The molecule has 0 saturated heterocycles. The summed E-state index contributed by atoms with van der Waals surface area (Å²) in [6.07, 6.45) is -3.75. The van der Waals surface area contributed by atoms with Crippen LogP contribution in [0.5, 0.6) is 0 Å². The lowest BCUT2D eigenvalue weighted by atomic mass is 10.0. The molecular formula is C29H25F4N3O4S. The van der Waals surface area contributed by atoms with Gasteiger partial charge in [-0.25, -0.2) is 9.18 Å². The van der Waals surface area contributed by atoms with Gasteiger partial charge in [0.1, 0.15) is 5.82 Å². The van der Waals surface area contributed by atoms with E-state index in [0.29, 0.717) is 16.9 Å². The van der Waals surface area contributed by atoms with Crippen molar-refractivity contribution in [3.63, 3.8) is 0 Å². The number of hydrogen-bond donors (Lipinski definition) is 2. The van der Waals surface area contributed by atoms with Gasteiger partial charge < -0.3 is 10.8 Å². The van der Waals surface area contributed by atoms with Crippen LogP contribution >= 0.6 is 11.8 Å². The van der Waals surface area contributed by atoms with Crippen LogP contribution in [0.15, 0.2) is 88.6 Å². The number of nitrogens with two attached hydrogens (primary N) is 1. The predicted molar refractivity (Wildman–Crippen MR) is 148 cm³/mol. The van der Waals surface area contributed by atoms with Gasteiger partial charge in [0.15, 0.2) is 0 Å². The summed E-state index contributed by atoms with van der Waals surface area (Å²) >= 11 is 1.18. The van der Waals surface area contributed by atoms with Gasteiger partial charge in [-0.2, -0.15) is 13.2 Å². The minimum Gasteiger partial charge on any atom is -0.481 e. The Kier molecular flexibility index (Phi) is 9.14. The third-order valence-corrected chi connectivity index (χ3v) is 7.34. The molecule has 0 aliphatic carbocycles. The number of hydrogen-bond acceptors (Lipinski definition) is 5. The van der Waals surface area contributed by atoms with Crippen molar-refractivity contribution >= 4 is 17.7 Å². The minimum atomic E-state index is -4.87. The second-order valence-electron chi connectivity index (χ2n) is 9.23. The molecule has 0 bridgehead atoms. The zero-order chi connectivity index (χ0) is 29.7. The standard InChI is InChI=1S/C29H25F4N3O4S/c30-24-8-4-7-23(29(31,32)33)22(24)14-35-13-21(19-11-9-18(10-12-19)16-41-17-26(37)38)27(39)36(28(35)40)15-25(34)20-5-2-1-3-6-20/h1-13,25H,14-17,34H2,(H,37,38)/t25-/m0/s1. The van der Waals surface area contributed by atoms with Gasteiger partial charge in [-0.1, -0.05) is 60.7 Å². The van der Waals surface area contributed by atoms with Gasteiger partial charge in [0.2, 0.25) is 0 Å². The smallest absolute Gasteiger partial charge is 0.416 e. The maximum absolute atomic E-state index is 14.7. The highest BCUT2D eigenvalue weighted by Crippen LogP contribution is 2.33. The first-order valence-corrected chi connectivity index (χ1v) is 13.5. The van der Waals surface area contributed by atoms with Gasteiger partial charge in [0, 0.05) is 23.6 Å². The van der Waals surface area contributed by atoms with Crippen LogP contribution in [-0.4, -0.2) is 26.0 Å². The first-order chi connectivity index (χ1) is 19.5. The number of benzene rings is 3. The van der Waals surface area contributed by atoms with Gasteiger partial charge in [-0.3, -0.25) is 18.7 Å². The fourth-order valence-corrected chi connectivity index (χ4v) is 5.03. The summed E-state index contributed by atoms with van der Waals surface area (Å²) in [7, 11) is 0. The van der Waals surface area contributed by atoms with Crippen molar-refractivity contribution in [1.82, 2.24) is 9.13 Å². The Morgan fingerprint density at radius 3 is 2.29 bits per heavy atom. The van der Waals surface area contributed by atoms with Crippen LogP contribution in [0.3, 0.4) is 0 Å². The number of thioether (sulfide) groups is 1. The molecule has 1 heterocycles. The van der Waals surface area contributed by atoms with Crippen molar-refractivity contribution in [3.8, 4) is 11.1 Å². The van der Waals surface area contributed by atoms with Crippen molar-refractivity contribution < 1.29 is 27.5 Å². The number of carboxylic acids is 1. The average molecular weight is 588 g/mol. The van der Waals surface area contributed by atoms with E-state index >= 15 is 0 Å². The molecular weight excluding hydrogens is 562 g/mol. The van der Waals surface area contributed by atoms with E-state index in [9.17, 15) is 31.9 Å². The van der Waals surface area contributed by atoms with E-state index in [2.05, 4.69) is 0 Å². The van der Waals surface area contributed by atoms with Crippen LogP contribution in [0.4, 0.5) is 17.6 Å². The van der Waals surface area contributed by atoms with Gasteiger partial charge in [0.25, 0.3) is 5.56 Å². The molecule has 0 spiro atoms. The lowest BCUT2D eigenvalue weighted by molar-refractivity contribution is -0.138. The maximum Gasteiger partial charge on any atom is 0.416 e. The molecule has 0 radical (unpaired) electrons. The van der Waals surface area contributed by atoms with Crippen LogP contribution < -0.4 is 17.0 Å². The summed E-state index contributed by atoms with van der Waals surface area (Å²) in [5.74, 6) is -1.79. The number of halogens is 4. The summed E-state index contributed by atoms with van der Waals surface area (Å²) in [6.45, 7) is -1.05. The van der Waals surface area contributed by atoms with Crippen molar-refractivity contribution in [1.29, 1.82) is 0 Å². The molecule has 4 rings (SSSR count). The number of nitrogens with zero attached hydrogens (tertiary/aromatic N) is 2.